The van der Waals surface area contributed by atoms with E-state index in [0.29, 0.717) is 31.7 Å². The summed E-state index contributed by atoms with van der Waals surface area (Å²) >= 11 is 0. The van der Waals surface area contributed by atoms with Crippen LogP contribution in [0.2, 0.25) is 0 Å². The van der Waals surface area contributed by atoms with Crippen molar-refractivity contribution in [1.82, 2.24) is 4.90 Å². The quantitative estimate of drug-likeness (QED) is 0.260. The highest BCUT2D eigenvalue weighted by Gasteiger charge is 2.44. The number of allylic oxidation sites excluding steroid dienone is 1. The van der Waals surface area contributed by atoms with Gasteiger partial charge in [0.2, 0.25) is 0 Å². The molecule has 1 fully saturated rings. The van der Waals surface area contributed by atoms with Gasteiger partial charge < -0.3 is 9.84 Å². The number of rotatable bonds is 7. The Morgan fingerprint density at radius 2 is 1.41 bits per heavy atom. The smallest absolute Gasteiger partial charge is 0.184 e. The highest BCUT2D eigenvalue weighted by Crippen LogP contribution is 2.44. The van der Waals surface area contributed by atoms with Crippen LogP contribution in [0.25, 0.3) is 0 Å². The average molecular weight is 428 g/mol. The van der Waals surface area contributed by atoms with Crippen molar-refractivity contribution in [2.75, 3.05) is 19.7 Å². The maximum absolute atomic E-state index is 11.8. The van der Waals surface area contributed by atoms with E-state index in [1.807, 2.05) is 25.1 Å². The first-order valence-corrected chi connectivity index (χ1v) is 11.1. The van der Waals surface area contributed by atoms with Gasteiger partial charge in [-0.15, -0.1) is 0 Å². The number of likely N-dealkylation sites (tertiary alicyclic amines) is 1. The number of piperidine rings is 1. The Bertz CT molecular complexity index is 951. The third-order valence-corrected chi connectivity index (χ3v) is 6.21. The first kappa shape index (κ1) is 22.0. The second-order valence-electron chi connectivity index (χ2n) is 7.97. The predicted molar refractivity (Wildman–Crippen MR) is 126 cm³/mol. The van der Waals surface area contributed by atoms with Gasteiger partial charge in [0.1, 0.15) is 0 Å². The van der Waals surface area contributed by atoms with E-state index in [4.69, 9.17) is 4.74 Å². The molecule has 1 heterocycles. The number of ether oxygens (including phenoxy) is 1. The molecule has 0 amide bonds. The van der Waals surface area contributed by atoms with Crippen LogP contribution in [0.15, 0.2) is 102 Å². The van der Waals surface area contributed by atoms with E-state index < -0.39 is 11.6 Å². The monoisotopic (exact) mass is 427 g/mol. The fraction of sp³-hybridized carbons (Fsp3) is 0.250. The molecule has 1 aliphatic rings. The summed E-state index contributed by atoms with van der Waals surface area (Å²) in [6, 6.07) is 31.3. The van der Waals surface area contributed by atoms with Crippen molar-refractivity contribution in [3.63, 3.8) is 0 Å². The van der Waals surface area contributed by atoms with Crippen molar-refractivity contribution >= 4 is 6.29 Å². The Morgan fingerprint density at radius 3 is 1.81 bits per heavy atom. The van der Waals surface area contributed by atoms with Crippen LogP contribution in [0.4, 0.5) is 0 Å². The summed E-state index contributed by atoms with van der Waals surface area (Å²) in [6.45, 7) is 3.32. The van der Waals surface area contributed by atoms with Gasteiger partial charge in [0.15, 0.2) is 12.0 Å². The lowest BCUT2D eigenvalue weighted by atomic mass is 9.74. The number of aliphatic hydroxyl groups is 1. The fourth-order valence-corrected chi connectivity index (χ4v) is 4.81. The third-order valence-electron chi connectivity index (χ3n) is 6.21. The number of carbonyl (C=O) groups excluding carboxylic acids is 1. The van der Waals surface area contributed by atoms with Crippen molar-refractivity contribution in [2.45, 2.75) is 25.0 Å². The number of benzene rings is 3. The van der Waals surface area contributed by atoms with E-state index in [0.717, 1.165) is 23.0 Å². The molecular weight excluding hydrogens is 398 g/mol. The lowest BCUT2D eigenvalue weighted by Crippen LogP contribution is -2.53. The maximum Gasteiger partial charge on any atom is 0.184 e. The van der Waals surface area contributed by atoms with Crippen LogP contribution in [-0.2, 0) is 15.1 Å². The van der Waals surface area contributed by atoms with E-state index in [1.165, 1.54) is 0 Å². The van der Waals surface area contributed by atoms with Gasteiger partial charge in [-0.3, -0.25) is 9.69 Å². The number of aliphatic hydroxyl groups excluding tert-OH is 1. The minimum absolute atomic E-state index is 0.243. The SMILES string of the molecule is CCO/C(C=O)=C1\CN(C(c2ccccc2)(c2ccccc2)c2ccccc2)CCC1O. The van der Waals surface area contributed by atoms with E-state index in [-0.39, 0.29) is 5.76 Å². The van der Waals surface area contributed by atoms with Crippen LogP contribution in [0.1, 0.15) is 30.0 Å². The highest BCUT2D eigenvalue weighted by atomic mass is 16.5. The number of carbonyl (C=O) groups is 1. The average Bonchev–Trinajstić information content (AvgIpc) is 2.86. The van der Waals surface area contributed by atoms with Crippen LogP contribution in [0, 0.1) is 0 Å². The van der Waals surface area contributed by atoms with Crippen molar-refractivity contribution in [3.8, 4) is 0 Å². The maximum atomic E-state index is 11.8. The summed E-state index contributed by atoms with van der Waals surface area (Å²) in [4.78, 5) is 14.2. The largest absolute Gasteiger partial charge is 0.490 e. The van der Waals surface area contributed by atoms with Crippen molar-refractivity contribution in [1.29, 1.82) is 0 Å². The molecular formula is C28H29NO3. The van der Waals surface area contributed by atoms with Gasteiger partial charge in [-0.05, 0) is 30.0 Å². The molecule has 0 bridgehead atoms. The Morgan fingerprint density at radius 1 is 0.938 bits per heavy atom. The molecule has 32 heavy (non-hydrogen) atoms. The van der Waals surface area contributed by atoms with Crippen molar-refractivity contribution in [2.24, 2.45) is 0 Å². The van der Waals surface area contributed by atoms with Gasteiger partial charge in [0.25, 0.3) is 0 Å². The first-order valence-electron chi connectivity index (χ1n) is 11.1. The molecule has 4 rings (SSSR count). The molecule has 1 saturated heterocycles. The standard InChI is InChI=1S/C28H29NO3/c1-2-32-27(21-30)25-20-29(19-18-26(25)31)28(22-12-6-3-7-13-22,23-14-8-4-9-15-23)24-16-10-5-11-17-24/h3-17,21,26,31H,2,18-20H2,1H3/b27-25+. The molecule has 1 aliphatic heterocycles. The molecule has 1 N–H and O–H groups in total. The van der Waals surface area contributed by atoms with E-state index in [2.05, 4.69) is 77.7 Å². The molecule has 0 radical (unpaired) electrons. The minimum Gasteiger partial charge on any atom is -0.490 e. The summed E-state index contributed by atoms with van der Waals surface area (Å²) in [5, 5.41) is 10.8. The van der Waals surface area contributed by atoms with Gasteiger partial charge in [-0.2, -0.15) is 0 Å². The minimum atomic E-state index is -0.696. The molecule has 0 aromatic heterocycles. The van der Waals surface area contributed by atoms with Gasteiger partial charge in [0, 0.05) is 18.7 Å². The molecule has 3 aromatic carbocycles. The number of nitrogens with zero attached hydrogens (tertiary/aromatic N) is 1. The van der Waals surface area contributed by atoms with E-state index in [1.54, 1.807) is 0 Å². The fourth-order valence-electron chi connectivity index (χ4n) is 4.81. The van der Waals surface area contributed by atoms with Crippen LogP contribution < -0.4 is 0 Å². The normalized spacial score (nSPS) is 18.8. The number of hydrogen-bond acceptors (Lipinski definition) is 4. The molecule has 1 unspecified atom stereocenters. The third kappa shape index (κ3) is 3.99. The van der Waals surface area contributed by atoms with Gasteiger partial charge in [-0.25, -0.2) is 0 Å². The van der Waals surface area contributed by atoms with Crippen LogP contribution in [-0.4, -0.2) is 42.1 Å². The molecule has 0 aliphatic carbocycles. The summed E-state index contributed by atoms with van der Waals surface area (Å²) < 4.78 is 5.60. The van der Waals surface area contributed by atoms with Crippen LogP contribution >= 0.6 is 0 Å². The lowest BCUT2D eigenvalue weighted by Gasteiger charge is -2.48. The van der Waals surface area contributed by atoms with Crippen molar-refractivity contribution in [3.05, 3.63) is 119 Å². The summed E-state index contributed by atoms with van der Waals surface area (Å²) in [5.74, 6) is 0.243. The molecule has 3 aromatic rings. The zero-order valence-electron chi connectivity index (χ0n) is 18.4. The topological polar surface area (TPSA) is 49.8 Å². The molecule has 0 spiro atoms. The lowest BCUT2D eigenvalue weighted by molar-refractivity contribution is -0.108. The summed E-state index contributed by atoms with van der Waals surface area (Å²) in [7, 11) is 0. The number of hydrogen-bond donors (Lipinski definition) is 1. The zero-order valence-corrected chi connectivity index (χ0v) is 18.4. The van der Waals surface area contributed by atoms with Gasteiger partial charge >= 0.3 is 0 Å². The Labute approximate surface area is 189 Å². The Hall–Kier alpha value is -3.21. The second kappa shape index (κ2) is 9.94. The van der Waals surface area contributed by atoms with Crippen molar-refractivity contribution < 1.29 is 14.6 Å². The summed E-state index contributed by atoms with van der Waals surface area (Å²) in [5.41, 5.74) is 3.46. The van der Waals surface area contributed by atoms with Gasteiger partial charge in [0.05, 0.1) is 18.2 Å². The summed E-state index contributed by atoms with van der Waals surface area (Å²) in [6.07, 6.45) is 0.549. The first-order chi connectivity index (χ1) is 15.7. The predicted octanol–water partition coefficient (Wildman–Crippen LogP) is 4.53. The van der Waals surface area contributed by atoms with E-state index >= 15 is 0 Å². The number of aldehydes is 1. The second-order valence-corrected chi connectivity index (χ2v) is 7.97. The zero-order chi connectivity index (χ0) is 22.4. The van der Waals surface area contributed by atoms with Crippen LogP contribution in [0.3, 0.4) is 0 Å². The molecule has 4 nitrogen and oxygen atoms in total. The molecule has 1 atom stereocenters. The Kier molecular flexibility index (Phi) is 6.84. The molecule has 4 heteroatoms. The Balaban J connectivity index is 1.97. The molecule has 0 saturated carbocycles. The highest BCUT2D eigenvalue weighted by molar-refractivity contribution is 5.72. The van der Waals surface area contributed by atoms with Crippen LogP contribution in [0.5, 0.6) is 0 Å². The van der Waals surface area contributed by atoms with Gasteiger partial charge in [-0.1, -0.05) is 91.0 Å². The van der Waals surface area contributed by atoms with E-state index in [9.17, 15) is 9.90 Å². The molecule has 164 valence electrons.